The minimum atomic E-state index is -0.468. The number of amides is 2. The number of aryl methyl sites for hydroxylation is 2. The number of carbonyl (C=O) groups excluding carboxylic acids is 2. The van der Waals surface area contributed by atoms with E-state index in [-0.39, 0.29) is 18.4 Å². The molecule has 7 nitrogen and oxygen atoms in total. The number of hydrogen-bond donors (Lipinski definition) is 2. The summed E-state index contributed by atoms with van der Waals surface area (Å²) in [5.74, 6) is 0.500. The first-order valence-electron chi connectivity index (χ1n) is 8.99. The van der Waals surface area contributed by atoms with Crippen molar-refractivity contribution in [2.75, 3.05) is 6.61 Å². The van der Waals surface area contributed by atoms with E-state index in [0.29, 0.717) is 22.8 Å². The number of nitrogens with one attached hydrogen (secondary N) is 2. The van der Waals surface area contributed by atoms with Crippen LogP contribution in [0, 0.1) is 13.8 Å². The van der Waals surface area contributed by atoms with Crippen molar-refractivity contribution in [2.45, 2.75) is 53.4 Å². The van der Waals surface area contributed by atoms with Gasteiger partial charge in [0.05, 0.1) is 5.69 Å². The van der Waals surface area contributed by atoms with Gasteiger partial charge in [0.2, 0.25) is 0 Å². The zero-order valence-electron chi connectivity index (χ0n) is 16.7. The van der Waals surface area contributed by atoms with Gasteiger partial charge in [0.25, 0.3) is 11.8 Å². The highest BCUT2D eigenvalue weighted by Gasteiger charge is 2.23. The lowest BCUT2D eigenvalue weighted by atomic mass is 10.0. The Bertz CT molecular complexity index is 825. The molecule has 0 saturated carbocycles. The largest absolute Gasteiger partial charge is 0.483 e. The van der Waals surface area contributed by atoms with Crippen molar-refractivity contribution in [1.29, 1.82) is 0 Å². The minimum absolute atomic E-state index is 0.00163. The predicted molar refractivity (Wildman–Crippen MR) is 102 cm³/mol. The first-order valence-corrected chi connectivity index (χ1v) is 8.99. The molecule has 2 amide bonds. The molecule has 0 atom stereocenters. The number of hydrazine groups is 1. The van der Waals surface area contributed by atoms with Gasteiger partial charge in [-0.3, -0.25) is 20.4 Å². The monoisotopic (exact) mass is 373 g/mol. The average Bonchev–Trinajstić information content (AvgIpc) is 2.99. The molecule has 0 aliphatic carbocycles. The highest BCUT2D eigenvalue weighted by Crippen LogP contribution is 2.27. The average molecular weight is 373 g/mol. The summed E-state index contributed by atoms with van der Waals surface area (Å²) in [5.41, 5.74) is 7.64. The molecule has 1 aromatic heterocycles. The molecule has 2 rings (SSSR count). The van der Waals surface area contributed by atoms with Crippen molar-refractivity contribution in [1.82, 2.24) is 16.0 Å². The highest BCUT2D eigenvalue weighted by molar-refractivity contribution is 5.97. The molecule has 1 heterocycles. The Kier molecular flexibility index (Phi) is 6.60. The summed E-state index contributed by atoms with van der Waals surface area (Å²) in [5, 5.41) is 3.82. The molecule has 0 saturated heterocycles. The van der Waals surface area contributed by atoms with Gasteiger partial charge >= 0.3 is 0 Å². The molecule has 0 bridgehead atoms. The first kappa shape index (κ1) is 20.5. The van der Waals surface area contributed by atoms with E-state index >= 15 is 0 Å². The van der Waals surface area contributed by atoms with E-state index in [2.05, 4.69) is 29.9 Å². The van der Waals surface area contributed by atoms with Crippen LogP contribution in [0.15, 0.2) is 22.7 Å². The van der Waals surface area contributed by atoms with Crippen LogP contribution in [0.4, 0.5) is 0 Å². The smallest absolute Gasteiger partial charge is 0.276 e. The Morgan fingerprint density at radius 3 is 2.44 bits per heavy atom. The molecule has 0 aliphatic rings. The number of benzene rings is 1. The van der Waals surface area contributed by atoms with Crippen molar-refractivity contribution >= 4 is 11.8 Å². The van der Waals surface area contributed by atoms with Crippen LogP contribution in [-0.4, -0.2) is 23.6 Å². The zero-order chi connectivity index (χ0) is 20.1. The maximum atomic E-state index is 12.4. The van der Waals surface area contributed by atoms with Gasteiger partial charge in [-0.15, -0.1) is 0 Å². The maximum absolute atomic E-state index is 12.4. The molecule has 0 unspecified atom stereocenters. The van der Waals surface area contributed by atoms with Crippen molar-refractivity contribution < 1.29 is 18.8 Å². The summed E-state index contributed by atoms with van der Waals surface area (Å²) in [6.07, 6.45) is 0. The third-order valence-corrected chi connectivity index (χ3v) is 4.11. The summed E-state index contributed by atoms with van der Waals surface area (Å²) in [4.78, 5) is 24.4. The molecule has 0 fully saturated rings. The Hall–Kier alpha value is -2.83. The van der Waals surface area contributed by atoms with E-state index in [9.17, 15) is 9.59 Å². The second kappa shape index (κ2) is 8.70. The fourth-order valence-corrected chi connectivity index (χ4v) is 2.67. The molecule has 146 valence electrons. The normalized spacial score (nSPS) is 11.0. The number of hydrogen-bond acceptors (Lipinski definition) is 5. The lowest BCUT2D eigenvalue weighted by Gasteiger charge is -2.15. The van der Waals surface area contributed by atoms with Gasteiger partial charge in [0, 0.05) is 5.92 Å². The molecule has 2 aromatic rings. The van der Waals surface area contributed by atoms with Gasteiger partial charge in [-0.05, 0) is 37.0 Å². The summed E-state index contributed by atoms with van der Waals surface area (Å²) in [7, 11) is 0. The molecule has 2 N–H and O–H groups in total. The summed E-state index contributed by atoms with van der Waals surface area (Å²) in [6, 6.07) is 5.91. The number of carbonyl (C=O) groups is 2. The van der Waals surface area contributed by atoms with Crippen LogP contribution in [0.3, 0.4) is 0 Å². The van der Waals surface area contributed by atoms with Gasteiger partial charge in [0.15, 0.2) is 12.4 Å². The lowest BCUT2D eigenvalue weighted by molar-refractivity contribution is -0.123. The first-order chi connectivity index (χ1) is 12.7. The zero-order valence-corrected chi connectivity index (χ0v) is 16.7. The lowest BCUT2D eigenvalue weighted by Crippen LogP contribution is -2.44. The Morgan fingerprint density at radius 2 is 1.81 bits per heavy atom. The van der Waals surface area contributed by atoms with Crippen LogP contribution >= 0.6 is 0 Å². The second-order valence-electron chi connectivity index (χ2n) is 7.15. The van der Waals surface area contributed by atoms with E-state index in [4.69, 9.17) is 9.26 Å². The van der Waals surface area contributed by atoms with Gasteiger partial charge < -0.3 is 9.26 Å². The van der Waals surface area contributed by atoms with Gasteiger partial charge in [-0.25, -0.2) is 0 Å². The van der Waals surface area contributed by atoms with Gasteiger partial charge in [-0.1, -0.05) is 45.0 Å². The summed E-state index contributed by atoms with van der Waals surface area (Å²) < 4.78 is 10.8. The van der Waals surface area contributed by atoms with Crippen molar-refractivity contribution in [2.24, 2.45) is 0 Å². The van der Waals surface area contributed by atoms with Crippen molar-refractivity contribution in [3.05, 3.63) is 46.3 Å². The van der Waals surface area contributed by atoms with Crippen LogP contribution in [0.25, 0.3) is 0 Å². The van der Waals surface area contributed by atoms with Crippen LogP contribution < -0.4 is 15.6 Å². The highest BCUT2D eigenvalue weighted by atomic mass is 16.5. The maximum Gasteiger partial charge on any atom is 0.276 e. The number of aromatic nitrogens is 1. The number of rotatable bonds is 6. The van der Waals surface area contributed by atoms with E-state index < -0.39 is 11.8 Å². The molecule has 1 aromatic carbocycles. The van der Waals surface area contributed by atoms with E-state index in [0.717, 1.165) is 11.1 Å². The van der Waals surface area contributed by atoms with Gasteiger partial charge in [0.1, 0.15) is 11.3 Å². The standard InChI is InChI=1S/C20H27N3O4/c1-11(2)15-8-7-13(5)9-16(15)26-10-17(24)21-22-20(25)18-14(6)23-27-19(18)12(3)4/h7-9,11-12H,10H2,1-6H3,(H,21,24)(H,22,25). The quantitative estimate of drug-likeness (QED) is 0.757. The molecule has 0 spiro atoms. The van der Waals surface area contributed by atoms with Crippen LogP contribution in [0.5, 0.6) is 5.75 Å². The third kappa shape index (κ3) is 5.09. The Morgan fingerprint density at radius 1 is 1.11 bits per heavy atom. The molecule has 27 heavy (non-hydrogen) atoms. The van der Waals surface area contributed by atoms with Gasteiger partial charge in [-0.2, -0.15) is 0 Å². The fraction of sp³-hybridized carbons (Fsp3) is 0.450. The van der Waals surface area contributed by atoms with E-state index in [1.54, 1.807) is 6.92 Å². The van der Waals surface area contributed by atoms with Crippen LogP contribution in [0.1, 0.15) is 72.5 Å². The van der Waals surface area contributed by atoms with Crippen molar-refractivity contribution in [3.63, 3.8) is 0 Å². The third-order valence-electron chi connectivity index (χ3n) is 4.11. The molecule has 7 heteroatoms. The number of nitrogens with zero attached hydrogens (tertiary/aromatic N) is 1. The Labute approximate surface area is 159 Å². The second-order valence-corrected chi connectivity index (χ2v) is 7.15. The molecular formula is C20H27N3O4. The van der Waals surface area contributed by atoms with Crippen molar-refractivity contribution in [3.8, 4) is 5.75 Å². The minimum Gasteiger partial charge on any atom is -0.483 e. The summed E-state index contributed by atoms with van der Waals surface area (Å²) in [6.45, 7) is 11.4. The molecular weight excluding hydrogens is 346 g/mol. The van der Waals surface area contributed by atoms with E-state index in [1.807, 2.05) is 39.0 Å². The van der Waals surface area contributed by atoms with E-state index in [1.165, 1.54) is 0 Å². The predicted octanol–water partition coefficient (Wildman–Crippen LogP) is 3.38. The molecule has 0 aliphatic heterocycles. The fourth-order valence-electron chi connectivity index (χ4n) is 2.67. The summed E-state index contributed by atoms with van der Waals surface area (Å²) >= 11 is 0. The molecule has 0 radical (unpaired) electrons. The number of ether oxygens (including phenoxy) is 1. The Balaban J connectivity index is 1.95. The topological polar surface area (TPSA) is 93.5 Å². The van der Waals surface area contributed by atoms with Crippen LogP contribution in [0.2, 0.25) is 0 Å². The van der Waals surface area contributed by atoms with Crippen LogP contribution in [-0.2, 0) is 4.79 Å². The SMILES string of the molecule is Cc1ccc(C(C)C)c(OCC(=O)NNC(=O)c2c(C)noc2C(C)C)c1.